The van der Waals surface area contributed by atoms with Gasteiger partial charge >= 0.3 is 0 Å². The smallest absolute Gasteiger partial charge is 0.252 e. The number of hydrogen-bond acceptors (Lipinski definition) is 6. The van der Waals surface area contributed by atoms with E-state index in [9.17, 15) is 14.7 Å². The maximum atomic E-state index is 13.4. The van der Waals surface area contributed by atoms with Crippen LogP contribution in [0.2, 0.25) is 0 Å². The number of carbonyl (C=O) groups excluding carboxylic acids is 2. The number of halogens is 1. The number of carbonyl (C=O) groups is 2. The van der Waals surface area contributed by atoms with Crippen molar-refractivity contribution in [3.05, 3.63) is 28.5 Å². The molecule has 0 bridgehead atoms. The van der Waals surface area contributed by atoms with E-state index in [1.54, 1.807) is 10.7 Å². The minimum absolute atomic E-state index is 0.0764. The molecule has 0 radical (unpaired) electrons. The van der Waals surface area contributed by atoms with E-state index in [0.29, 0.717) is 30.7 Å². The molecule has 2 aromatic rings. The van der Waals surface area contributed by atoms with Gasteiger partial charge < -0.3 is 21.5 Å². The molecule has 0 spiro atoms. The van der Waals surface area contributed by atoms with Crippen molar-refractivity contribution < 1.29 is 14.7 Å². The first-order valence-corrected chi connectivity index (χ1v) is 10.1. The lowest BCUT2D eigenvalue weighted by molar-refractivity contribution is -0.141. The highest BCUT2D eigenvalue weighted by Gasteiger charge is 2.51. The van der Waals surface area contributed by atoms with Crippen molar-refractivity contribution >= 4 is 38.8 Å². The summed E-state index contributed by atoms with van der Waals surface area (Å²) in [7, 11) is 0. The third-order valence-electron chi connectivity index (χ3n) is 5.45. The number of amides is 1. The Morgan fingerprint density at radius 2 is 2.25 bits per heavy atom. The van der Waals surface area contributed by atoms with Gasteiger partial charge in [0.2, 0.25) is 0 Å². The fourth-order valence-corrected chi connectivity index (χ4v) is 4.48. The normalized spacial score (nSPS) is 23.0. The average molecular weight is 452 g/mol. The molecule has 1 amide bonds. The van der Waals surface area contributed by atoms with Crippen LogP contribution in [0.1, 0.15) is 44.0 Å². The molecular formula is C19H26BrN5O3. The number of nitrogens with zero attached hydrogens (tertiary/aromatic N) is 2. The molecular weight excluding hydrogens is 426 g/mol. The fourth-order valence-electron chi connectivity index (χ4n) is 4.07. The van der Waals surface area contributed by atoms with Crippen LogP contribution in [0.5, 0.6) is 0 Å². The first-order chi connectivity index (χ1) is 13.1. The molecule has 5 N–H and O–H groups in total. The number of Topliss-reactive ketones (excluding diaryl/α,β-unsaturated/α-hetero) is 1. The van der Waals surface area contributed by atoms with Crippen LogP contribution >= 0.6 is 15.9 Å². The van der Waals surface area contributed by atoms with Gasteiger partial charge in [-0.1, -0.05) is 6.92 Å². The second-order valence-electron chi connectivity index (χ2n) is 7.83. The third-order valence-corrected chi connectivity index (χ3v) is 5.89. The van der Waals surface area contributed by atoms with Gasteiger partial charge in [-0.25, -0.2) is 4.52 Å². The predicted octanol–water partition coefficient (Wildman–Crippen LogP) is 1.71. The predicted molar refractivity (Wildman–Crippen MR) is 110 cm³/mol. The second kappa shape index (κ2) is 7.46. The van der Waals surface area contributed by atoms with Crippen molar-refractivity contribution in [1.82, 2.24) is 14.9 Å². The maximum absolute atomic E-state index is 13.4. The number of anilines is 1. The quantitative estimate of drug-likeness (QED) is 0.530. The standard InChI is InChI=1S/C19H26BrN5O3/c1-4-11-8-22-6-5-19(11,17(27)18(2,3)28)24-15-13(16(21)26)9-23-25-10-12(20)7-14(15)25/h7,9-11,22,24,28H,4-6,8H2,1-3H3,(H2,21,26)/t11-,19-/m1/s1. The number of fused-ring (bicyclic) bond motifs is 1. The van der Waals surface area contributed by atoms with E-state index in [4.69, 9.17) is 5.73 Å². The molecule has 1 saturated heterocycles. The van der Waals surface area contributed by atoms with Crippen LogP contribution in [0.15, 0.2) is 22.9 Å². The summed E-state index contributed by atoms with van der Waals surface area (Å²) in [5, 5.41) is 21.5. The van der Waals surface area contributed by atoms with Gasteiger partial charge in [-0.05, 0) is 55.2 Å². The van der Waals surface area contributed by atoms with Gasteiger partial charge in [-0.15, -0.1) is 0 Å². The van der Waals surface area contributed by atoms with Crippen molar-refractivity contribution in [2.75, 3.05) is 18.4 Å². The minimum atomic E-state index is -1.53. The van der Waals surface area contributed by atoms with Crippen LogP contribution in [0, 0.1) is 5.92 Å². The zero-order valence-corrected chi connectivity index (χ0v) is 17.8. The van der Waals surface area contributed by atoms with E-state index in [2.05, 4.69) is 31.7 Å². The Balaban J connectivity index is 2.23. The summed E-state index contributed by atoms with van der Waals surface area (Å²) < 4.78 is 2.40. The molecule has 1 fully saturated rings. The number of rotatable bonds is 6. The highest BCUT2D eigenvalue weighted by Crippen LogP contribution is 2.38. The zero-order chi connectivity index (χ0) is 20.7. The highest BCUT2D eigenvalue weighted by molar-refractivity contribution is 9.10. The molecule has 3 rings (SSSR count). The number of nitrogens with one attached hydrogen (secondary N) is 2. The zero-order valence-electron chi connectivity index (χ0n) is 16.3. The first kappa shape index (κ1) is 20.8. The van der Waals surface area contributed by atoms with E-state index < -0.39 is 17.0 Å². The van der Waals surface area contributed by atoms with Crippen LogP contribution in [0.4, 0.5) is 5.69 Å². The molecule has 0 aromatic carbocycles. The molecule has 2 aromatic heterocycles. The van der Waals surface area contributed by atoms with Gasteiger partial charge in [-0.2, -0.15) is 5.10 Å². The van der Waals surface area contributed by atoms with Gasteiger partial charge in [-0.3, -0.25) is 9.59 Å². The fraction of sp³-hybridized carbons (Fsp3) is 0.526. The summed E-state index contributed by atoms with van der Waals surface area (Å²) >= 11 is 3.42. The molecule has 1 aliphatic heterocycles. The van der Waals surface area contributed by atoms with Gasteiger partial charge in [0.15, 0.2) is 5.78 Å². The third kappa shape index (κ3) is 3.54. The molecule has 8 nitrogen and oxygen atoms in total. The molecule has 3 heterocycles. The van der Waals surface area contributed by atoms with Crippen LogP contribution in [0.25, 0.3) is 5.52 Å². The van der Waals surface area contributed by atoms with Gasteiger partial charge in [0.1, 0.15) is 11.1 Å². The van der Waals surface area contributed by atoms with E-state index in [1.807, 2.05) is 13.0 Å². The summed E-state index contributed by atoms with van der Waals surface area (Å²) in [6, 6.07) is 1.81. The first-order valence-electron chi connectivity index (χ1n) is 9.33. The Morgan fingerprint density at radius 1 is 1.54 bits per heavy atom. The van der Waals surface area contributed by atoms with Gasteiger partial charge in [0.05, 0.1) is 23.0 Å². The lowest BCUT2D eigenvalue weighted by atomic mass is 9.70. The van der Waals surface area contributed by atoms with Crippen molar-refractivity contribution in [3.63, 3.8) is 0 Å². The molecule has 0 unspecified atom stereocenters. The Morgan fingerprint density at radius 3 is 2.86 bits per heavy atom. The van der Waals surface area contributed by atoms with Crippen molar-refractivity contribution in [1.29, 1.82) is 0 Å². The van der Waals surface area contributed by atoms with Gasteiger partial charge in [0, 0.05) is 23.1 Å². The largest absolute Gasteiger partial charge is 0.383 e. The summed E-state index contributed by atoms with van der Waals surface area (Å²) in [6.07, 6.45) is 4.35. The monoisotopic (exact) mass is 451 g/mol. The molecule has 2 atom stereocenters. The number of piperidine rings is 1. The molecule has 1 aliphatic rings. The van der Waals surface area contributed by atoms with E-state index in [1.165, 1.54) is 20.0 Å². The van der Waals surface area contributed by atoms with Crippen LogP contribution < -0.4 is 16.4 Å². The van der Waals surface area contributed by atoms with Crippen molar-refractivity contribution in [2.45, 2.75) is 44.8 Å². The number of ketones is 1. The van der Waals surface area contributed by atoms with Crippen LogP contribution in [-0.4, -0.2) is 50.6 Å². The number of hydrogen-bond donors (Lipinski definition) is 4. The Hall–Kier alpha value is -1.97. The summed E-state index contributed by atoms with van der Waals surface area (Å²) in [6.45, 7) is 6.25. The Bertz CT molecular complexity index is 920. The second-order valence-corrected chi connectivity index (χ2v) is 8.75. The van der Waals surface area contributed by atoms with E-state index in [-0.39, 0.29) is 17.3 Å². The maximum Gasteiger partial charge on any atom is 0.252 e. The average Bonchev–Trinajstić information content (AvgIpc) is 3.01. The highest BCUT2D eigenvalue weighted by atomic mass is 79.9. The lowest BCUT2D eigenvalue weighted by Gasteiger charge is -2.46. The number of nitrogens with two attached hydrogens (primary N) is 1. The Kier molecular flexibility index (Phi) is 5.53. The summed E-state index contributed by atoms with van der Waals surface area (Å²) in [4.78, 5) is 25.6. The molecule has 152 valence electrons. The summed E-state index contributed by atoms with van der Waals surface area (Å²) in [5.41, 5.74) is 4.31. The van der Waals surface area contributed by atoms with E-state index >= 15 is 0 Å². The van der Waals surface area contributed by atoms with E-state index in [0.717, 1.165) is 10.9 Å². The number of primary amides is 1. The van der Waals surface area contributed by atoms with Crippen molar-refractivity contribution in [3.8, 4) is 0 Å². The SMILES string of the molecule is CC[C@@H]1CNCC[C@]1(Nc1c(C(N)=O)cnn2cc(Br)cc12)C(=O)C(C)(C)O. The topological polar surface area (TPSA) is 122 Å². The van der Waals surface area contributed by atoms with Crippen LogP contribution in [-0.2, 0) is 4.79 Å². The molecule has 28 heavy (non-hydrogen) atoms. The van der Waals surface area contributed by atoms with Gasteiger partial charge in [0.25, 0.3) is 5.91 Å². The van der Waals surface area contributed by atoms with Crippen LogP contribution in [0.3, 0.4) is 0 Å². The minimum Gasteiger partial charge on any atom is -0.383 e. The molecule has 9 heteroatoms. The number of aliphatic hydroxyl groups is 1. The number of aromatic nitrogens is 2. The summed E-state index contributed by atoms with van der Waals surface area (Å²) in [5.74, 6) is -1.01. The van der Waals surface area contributed by atoms with Crippen molar-refractivity contribution in [2.24, 2.45) is 11.7 Å². The Labute approximate surface area is 172 Å². The lowest BCUT2D eigenvalue weighted by Crippen LogP contribution is -2.64. The molecule has 0 aliphatic carbocycles. The molecule has 0 saturated carbocycles.